The second-order valence-corrected chi connectivity index (χ2v) is 3.69. The van der Waals surface area contributed by atoms with Gasteiger partial charge in [0, 0.05) is 24.5 Å². The monoisotopic (exact) mass is 208 g/mol. The Balaban J connectivity index is 2.10. The molecule has 0 aliphatic carbocycles. The molecule has 3 heteroatoms. The maximum Gasteiger partial charge on any atom is 0.0431 e. The number of hydrogen-bond acceptors (Lipinski definition) is 3. The van der Waals surface area contributed by atoms with Crippen molar-refractivity contribution in [1.82, 2.24) is 0 Å². The third kappa shape index (κ3) is 5.27. The number of aliphatic hydroxyl groups is 1. The molecule has 0 unspecified atom stereocenters. The summed E-state index contributed by atoms with van der Waals surface area (Å²) in [5.41, 5.74) is 7.53. The van der Waals surface area contributed by atoms with Crippen LogP contribution in [-0.2, 0) is 0 Å². The first-order valence-electron chi connectivity index (χ1n) is 5.53. The van der Waals surface area contributed by atoms with Crippen molar-refractivity contribution in [3.63, 3.8) is 0 Å². The van der Waals surface area contributed by atoms with Gasteiger partial charge in [-0.3, -0.25) is 0 Å². The Morgan fingerprint density at radius 3 is 2.67 bits per heavy atom. The van der Waals surface area contributed by atoms with E-state index >= 15 is 0 Å². The second-order valence-electron chi connectivity index (χ2n) is 3.69. The van der Waals surface area contributed by atoms with Gasteiger partial charge in [-0.25, -0.2) is 0 Å². The van der Waals surface area contributed by atoms with Crippen molar-refractivity contribution in [2.24, 2.45) is 0 Å². The van der Waals surface area contributed by atoms with Gasteiger partial charge in [-0.15, -0.1) is 0 Å². The van der Waals surface area contributed by atoms with Gasteiger partial charge in [0.25, 0.3) is 0 Å². The van der Waals surface area contributed by atoms with Crippen molar-refractivity contribution in [3.05, 3.63) is 24.3 Å². The fraction of sp³-hybridized carbons (Fsp3) is 0.500. The molecule has 1 aromatic carbocycles. The number of nitrogen functional groups attached to an aromatic ring is 1. The standard InChI is InChI=1S/C12H20N2O/c13-11-6-5-7-12(10-11)14-8-3-1-2-4-9-15/h5-7,10,14-15H,1-4,8-9,13H2. The van der Waals surface area contributed by atoms with E-state index < -0.39 is 0 Å². The van der Waals surface area contributed by atoms with Gasteiger partial charge in [-0.2, -0.15) is 0 Å². The molecule has 0 saturated heterocycles. The summed E-state index contributed by atoms with van der Waals surface area (Å²) in [6.07, 6.45) is 4.32. The molecule has 0 spiro atoms. The van der Waals surface area contributed by atoms with Gasteiger partial charge in [0.1, 0.15) is 0 Å². The van der Waals surface area contributed by atoms with Crippen LogP contribution in [0.4, 0.5) is 11.4 Å². The van der Waals surface area contributed by atoms with E-state index in [1.807, 2.05) is 24.3 Å². The number of hydrogen-bond donors (Lipinski definition) is 3. The quantitative estimate of drug-likeness (QED) is 0.476. The van der Waals surface area contributed by atoms with E-state index in [1.54, 1.807) is 0 Å². The minimum Gasteiger partial charge on any atom is -0.399 e. The van der Waals surface area contributed by atoms with Crippen LogP contribution in [0.1, 0.15) is 25.7 Å². The summed E-state index contributed by atoms with van der Waals surface area (Å²) in [5, 5.41) is 11.9. The molecular weight excluding hydrogens is 188 g/mol. The van der Waals surface area contributed by atoms with Gasteiger partial charge in [-0.1, -0.05) is 18.9 Å². The smallest absolute Gasteiger partial charge is 0.0431 e. The van der Waals surface area contributed by atoms with Crippen molar-refractivity contribution in [3.8, 4) is 0 Å². The molecule has 1 aromatic rings. The van der Waals surface area contributed by atoms with Crippen LogP contribution in [0.15, 0.2) is 24.3 Å². The Morgan fingerprint density at radius 1 is 1.13 bits per heavy atom. The molecule has 4 N–H and O–H groups in total. The number of anilines is 2. The molecule has 15 heavy (non-hydrogen) atoms. The Kier molecular flexibility index (Phi) is 5.63. The van der Waals surface area contributed by atoms with Crippen molar-refractivity contribution in [2.75, 3.05) is 24.2 Å². The highest BCUT2D eigenvalue weighted by Crippen LogP contribution is 2.11. The van der Waals surface area contributed by atoms with Crippen LogP contribution in [0, 0.1) is 0 Å². The lowest BCUT2D eigenvalue weighted by atomic mass is 10.2. The summed E-state index contributed by atoms with van der Waals surface area (Å²) < 4.78 is 0. The van der Waals surface area contributed by atoms with Gasteiger partial charge in [0.2, 0.25) is 0 Å². The van der Waals surface area contributed by atoms with E-state index in [1.165, 1.54) is 0 Å². The van der Waals surface area contributed by atoms with Crippen LogP contribution in [-0.4, -0.2) is 18.3 Å². The summed E-state index contributed by atoms with van der Waals surface area (Å²) in [6.45, 7) is 1.28. The zero-order chi connectivity index (χ0) is 10.9. The van der Waals surface area contributed by atoms with E-state index in [9.17, 15) is 0 Å². The van der Waals surface area contributed by atoms with E-state index in [-0.39, 0.29) is 0 Å². The summed E-state index contributed by atoms with van der Waals surface area (Å²) in [5.74, 6) is 0. The molecule has 0 bridgehead atoms. The van der Waals surface area contributed by atoms with E-state index in [4.69, 9.17) is 10.8 Å². The second kappa shape index (κ2) is 7.12. The van der Waals surface area contributed by atoms with E-state index in [0.29, 0.717) is 6.61 Å². The van der Waals surface area contributed by atoms with Gasteiger partial charge in [-0.05, 0) is 31.0 Å². The third-order valence-electron chi connectivity index (χ3n) is 2.30. The lowest BCUT2D eigenvalue weighted by Gasteiger charge is -2.06. The average molecular weight is 208 g/mol. The SMILES string of the molecule is Nc1cccc(NCCCCCCO)c1. The van der Waals surface area contributed by atoms with Gasteiger partial charge in [0.15, 0.2) is 0 Å². The molecule has 3 nitrogen and oxygen atoms in total. The van der Waals surface area contributed by atoms with Gasteiger partial charge < -0.3 is 16.2 Å². The van der Waals surface area contributed by atoms with Crippen LogP contribution in [0.5, 0.6) is 0 Å². The Labute approximate surface area is 91.3 Å². The van der Waals surface area contributed by atoms with Crippen LogP contribution in [0.2, 0.25) is 0 Å². The third-order valence-corrected chi connectivity index (χ3v) is 2.30. The van der Waals surface area contributed by atoms with Crippen LogP contribution < -0.4 is 11.1 Å². The lowest BCUT2D eigenvalue weighted by Crippen LogP contribution is -2.01. The van der Waals surface area contributed by atoms with Gasteiger partial charge >= 0.3 is 0 Å². The minimum absolute atomic E-state index is 0.308. The number of benzene rings is 1. The van der Waals surface area contributed by atoms with Crippen molar-refractivity contribution in [1.29, 1.82) is 0 Å². The molecule has 84 valence electrons. The lowest BCUT2D eigenvalue weighted by molar-refractivity contribution is 0.283. The summed E-state index contributed by atoms with van der Waals surface area (Å²) in [6, 6.07) is 7.79. The minimum atomic E-state index is 0.308. The largest absolute Gasteiger partial charge is 0.399 e. The molecule has 0 saturated carbocycles. The molecule has 0 fully saturated rings. The number of unbranched alkanes of at least 4 members (excludes halogenated alkanes) is 3. The fourth-order valence-electron chi connectivity index (χ4n) is 1.47. The van der Waals surface area contributed by atoms with Crippen LogP contribution in [0.25, 0.3) is 0 Å². The normalized spacial score (nSPS) is 10.2. The fourth-order valence-corrected chi connectivity index (χ4v) is 1.47. The molecule has 0 aliphatic heterocycles. The van der Waals surface area contributed by atoms with Gasteiger partial charge in [0.05, 0.1) is 0 Å². The molecular formula is C12H20N2O. The van der Waals surface area contributed by atoms with Crippen LogP contribution in [0.3, 0.4) is 0 Å². The Bertz CT molecular complexity index is 276. The Hall–Kier alpha value is -1.22. The summed E-state index contributed by atoms with van der Waals surface area (Å²) in [4.78, 5) is 0. The van der Waals surface area contributed by atoms with Crippen molar-refractivity contribution in [2.45, 2.75) is 25.7 Å². The predicted molar refractivity (Wildman–Crippen MR) is 64.9 cm³/mol. The molecule has 0 aromatic heterocycles. The molecule has 0 radical (unpaired) electrons. The highest BCUT2D eigenvalue weighted by Gasteiger charge is 1.92. The average Bonchev–Trinajstić information content (AvgIpc) is 2.23. The molecule has 0 aliphatic rings. The number of aliphatic hydroxyl groups excluding tert-OH is 1. The molecule has 0 amide bonds. The zero-order valence-corrected chi connectivity index (χ0v) is 9.08. The highest BCUT2D eigenvalue weighted by molar-refractivity contribution is 5.53. The van der Waals surface area contributed by atoms with E-state index in [0.717, 1.165) is 43.6 Å². The predicted octanol–water partition coefficient (Wildman–Crippen LogP) is 2.23. The zero-order valence-electron chi connectivity index (χ0n) is 9.08. The molecule has 0 atom stereocenters. The molecule has 1 rings (SSSR count). The maximum atomic E-state index is 8.60. The maximum absolute atomic E-state index is 8.60. The Morgan fingerprint density at radius 2 is 1.93 bits per heavy atom. The number of rotatable bonds is 7. The van der Waals surface area contributed by atoms with E-state index in [2.05, 4.69) is 5.32 Å². The number of nitrogens with one attached hydrogen (secondary N) is 1. The first kappa shape index (κ1) is 11.9. The van der Waals surface area contributed by atoms with Crippen LogP contribution >= 0.6 is 0 Å². The topological polar surface area (TPSA) is 58.3 Å². The summed E-state index contributed by atoms with van der Waals surface area (Å²) in [7, 11) is 0. The molecule has 0 heterocycles. The summed E-state index contributed by atoms with van der Waals surface area (Å²) >= 11 is 0. The first-order chi connectivity index (χ1) is 7.33. The highest BCUT2D eigenvalue weighted by atomic mass is 16.2. The van der Waals surface area contributed by atoms with Crippen molar-refractivity contribution < 1.29 is 5.11 Å². The number of nitrogens with two attached hydrogens (primary N) is 1. The first-order valence-corrected chi connectivity index (χ1v) is 5.53. The van der Waals surface area contributed by atoms with Crippen molar-refractivity contribution >= 4 is 11.4 Å².